The summed E-state index contributed by atoms with van der Waals surface area (Å²) in [5, 5.41) is 7.11. The first-order chi connectivity index (χ1) is 16.3. The van der Waals surface area contributed by atoms with Crippen molar-refractivity contribution < 1.29 is 21.5 Å². The van der Waals surface area contributed by atoms with E-state index in [-0.39, 0.29) is 27.8 Å². The summed E-state index contributed by atoms with van der Waals surface area (Å²) in [4.78, 5) is 0. The zero-order valence-corrected chi connectivity index (χ0v) is 23.8. The average Bonchev–Trinajstić information content (AvgIpc) is 3.25. The molecule has 0 spiro atoms. The third kappa shape index (κ3) is 4.83. The summed E-state index contributed by atoms with van der Waals surface area (Å²) < 4.78 is 2.39. The number of rotatable bonds is 5. The monoisotopic (exact) mass is 546 g/mol. The Bertz CT molecular complexity index is 1310. The van der Waals surface area contributed by atoms with Crippen molar-refractivity contribution in [3.05, 3.63) is 94.9 Å². The van der Waals surface area contributed by atoms with Crippen molar-refractivity contribution in [2.45, 2.75) is 64.7 Å². The number of nitrogens with one attached hydrogen (secondary N) is 1. The summed E-state index contributed by atoms with van der Waals surface area (Å²) >= 11 is 1.77. The van der Waals surface area contributed by atoms with Gasteiger partial charge in [0.25, 0.3) is 0 Å². The molecule has 0 amide bonds. The van der Waals surface area contributed by atoms with E-state index in [1.165, 1.54) is 46.5 Å². The minimum atomic E-state index is 0. The van der Waals surface area contributed by atoms with Gasteiger partial charge in [-0.2, -0.15) is 4.57 Å². The van der Waals surface area contributed by atoms with Crippen LogP contribution in [0.4, 0.5) is 10.8 Å². The second-order valence-corrected chi connectivity index (χ2v) is 11.6. The molecule has 1 aromatic heterocycles. The zero-order chi connectivity index (χ0) is 23.9. The number of fused-ring (bicyclic) bond motifs is 1. The molecule has 0 saturated heterocycles. The smallest absolute Gasteiger partial charge is 0.344 e. The number of benzene rings is 3. The quantitative estimate of drug-likeness (QED) is 0.333. The molecule has 1 aliphatic rings. The lowest BCUT2D eigenvalue weighted by molar-refractivity contribution is -0.563. The third-order valence-electron chi connectivity index (χ3n) is 7.50. The highest BCUT2D eigenvalue weighted by atomic mass is 79.9. The number of anilines is 2. The van der Waals surface area contributed by atoms with Gasteiger partial charge in [-0.3, -0.25) is 0 Å². The van der Waals surface area contributed by atoms with Crippen molar-refractivity contribution in [1.82, 2.24) is 0 Å². The second kappa shape index (κ2) is 9.91. The van der Waals surface area contributed by atoms with E-state index in [0.717, 1.165) is 17.2 Å². The minimum Gasteiger partial charge on any atom is -1.00 e. The van der Waals surface area contributed by atoms with E-state index in [1.54, 1.807) is 11.3 Å². The topological polar surface area (TPSA) is 15.9 Å². The van der Waals surface area contributed by atoms with E-state index in [4.69, 9.17) is 0 Å². The average molecular weight is 548 g/mol. The van der Waals surface area contributed by atoms with Crippen LogP contribution in [-0.2, 0) is 17.3 Å². The predicted octanol–water partition coefficient (Wildman–Crippen LogP) is 5.35. The van der Waals surface area contributed by atoms with Crippen LogP contribution in [0.3, 0.4) is 0 Å². The Hall–Kier alpha value is -2.43. The van der Waals surface area contributed by atoms with Gasteiger partial charge in [0.1, 0.15) is 11.4 Å². The molecule has 182 valence electrons. The van der Waals surface area contributed by atoms with Gasteiger partial charge in [0, 0.05) is 10.9 Å². The number of nitrogens with zero attached hydrogens (tertiary/aromatic N) is 1. The molecule has 3 aromatic carbocycles. The van der Waals surface area contributed by atoms with Gasteiger partial charge in [-0.15, -0.1) is 0 Å². The first-order valence-corrected chi connectivity index (χ1v) is 13.3. The Kier molecular flexibility index (Phi) is 7.26. The standard InChI is InChI=1S/C31H34N2S.BrH/c1-6-22-19-26-27(31(4,5)18-17-30(26,2)3)20-25(22)28-21-34-29(32-23-13-9-7-10-14-23)33(28)24-15-11-8-12-16-24;/h7-16,19-21H,6,17-18H2,1-5H3;1H. The van der Waals surface area contributed by atoms with Crippen molar-refractivity contribution in [3.63, 3.8) is 0 Å². The summed E-state index contributed by atoms with van der Waals surface area (Å²) in [5.74, 6) is 0. The van der Waals surface area contributed by atoms with Crippen molar-refractivity contribution >= 4 is 22.2 Å². The number of halogens is 1. The first-order valence-electron chi connectivity index (χ1n) is 12.4. The van der Waals surface area contributed by atoms with Crippen molar-refractivity contribution in [1.29, 1.82) is 0 Å². The third-order valence-corrected chi connectivity index (χ3v) is 8.35. The Labute approximate surface area is 224 Å². The lowest BCUT2D eigenvalue weighted by Crippen LogP contribution is -3.00. The van der Waals surface area contributed by atoms with Gasteiger partial charge >= 0.3 is 5.13 Å². The van der Waals surface area contributed by atoms with Gasteiger partial charge in [0.05, 0.1) is 0 Å². The van der Waals surface area contributed by atoms with Gasteiger partial charge < -0.3 is 17.0 Å². The largest absolute Gasteiger partial charge is 1.00 e. The highest BCUT2D eigenvalue weighted by Crippen LogP contribution is 2.48. The predicted molar refractivity (Wildman–Crippen MR) is 146 cm³/mol. The van der Waals surface area contributed by atoms with E-state index in [0.29, 0.717) is 0 Å². The van der Waals surface area contributed by atoms with E-state index in [2.05, 4.69) is 123 Å². The van der Waals surface area contributed by atoms with Crippen LogP contribution < -0.4 is 26.9 Å². The molecular weight excluding hydrogens is 512 g/mol. The molecule has 0 aliphatic heterocycles. The first kappa shape index (κ1) is 25.7. The molecule has 4 heteroatoms. The molecule has 0 atom stereocenters. The summed E-state index contributed by atoms with van der Waals surface area (Å²) in [6.45, 7) is 11.9. The molecule has 0 saturated carbocycles. The number of hydrogen-bond acceptors (Lipinski definition) is 2. The van der Waals surface area contributed by atoms with Crippen molar-refractivity contribution in [2.75, 3.05) is 5.32 Å². The van der Waals surface area contributed by atoms with E-state index < -0.39 is 0 Å². The Morgan fingerprint density at radius 2 is 1.40 bits per heavy atom. The fourth-order valence-corrected chi connectivity index (χ4v) is 6.21. The Balaban J connectivity index is 0.00000289. The summed E-state index contributed by atoms with van der Waals surface area (Å²) in [5.41, 5.74) is 9.77. The lowest BCUT2D eigenvalue weighted by atomic mass is 9.62. The molecule has 1 aliphatic carbocycles. The molecule has 1 heterocycles. The highest BCUT2D eigenvalue weighted by Gasteiger charge is 2.38. The summed E-state index contributed by atoms with van der Waals surface area (Å²) in [6.07, 6.45) is 3.48. The number of aryl methyl sites for hydroxylation is 1. The Morgan fingerprint density at radius 3 is 2.00 bits per heavy atom. The van der Waals surface area contributed by atoms with Crippen molar-refractivity contribution in [3.8, 4) is 16.9 Å². The number of para-hydroxylation sites is 2. The van der Waals surface area contributed by atoms with Gasteiger partial charge in [-0.25, -0.2) is 5.32 Å². The molecule has 5 rings (SSSR count). The molecule has 0 fully saturated rings. The van der Waals surface area contributed by atoms with Crippen LogP contribution >= 0.6 is 11.3 Å². The zero-order valence-electron chi connectivity index (χ0n) is 21.4. The lowest BCUT2D eigenvalue weighted by Gasteiger charge is -2.42. The normalized spacial score (nSPS) is 15.7. The maximum atomic E-state index is 3.67. The van der Waals surface area contributed by atoms with Crippen LogP contribution in [0.15, 0.2) is 78.2 Å². The van der Waals surface area contributed by atoms with E-state index >= 15 is 0 Å². The van der Waals surface area contributed by atoms with E-state index in [9.17, 15) is 0 Å². The van der Waals surface area contributed by atoms with Gasteiger partial charge in [0.15, 0.2) is 5.69 Å². The molecule has 0 radical (unpaired) electrons. The molecule has 1 N–H and O–H groups in total. The van der Waals surface area contributed by atoms with Gasteiger partial charge in [-0.05, 0) is 77.1 Å². The number of thiazole rings is 1. The van der Waals surface area contributed by atoms with Gasteiger partial charge in [0.2, 0.25) is 0 Å². The van der Waals surface area contributed by atoms with Crippen LogP contribution in [0, 0.1) is 0 Å². The summed E-state index contributed by atoms with van der Waals surface area (Å²) in [7, 11) is 0. The molecule has 0 bridgehead atoms. The van der Waals surface area contributed by atoms with Crippen LogP contribution in [0.1, 0.15) is 64.2 Å². The maximum absolute atomic E-state index is 3.67. The number of hydrogen-bond donors (Lipinski definition) is 1. The second-order valence-electron chi connectivity index (χ2n) is 10.8. The molecular formula is C31H35BrN2S. The fraction of sp³-hybridized carbons (Fsp3) is 0.323. The number of aromatic nitrogens is 1. The van der Waals surface area contributed by atoms with E-state index in [1.807, 2.05) is 0 Å². The molecule has 35 heavy (non-hydrogen) atoms. The minimum absolute atomic E-state index is 0. The fourth-order valence-electron chi connectivity index (χ4n) is 5.26. The van der Waals surface area contributed by atoms with Crippen LogP contribution in [-0.4, -0.2) is 0 Å². The van der Waals surface area contributed by atoms with Crippen LogP contribution in [0.5, 0.6) is 0 Å². The molecule has 0 unspecified atom stereocenters. The highest BCUT2D eigenvalue weighted by molar-refractivity contribution is 7.13. The van der Waals surface area contributed by atoms with Crippen molar-refractivity contribution in [2.24, 2.45) is 0 Å². The maximum Gasteiger partial charge on any atom is 0.344 e. The molecule has 2 nitrogen and oxygen atoms in total. The Morgan fingerprint density at radius 1 is 0.829 bits per heavy atom. The van der Waals surface area contributed by atoms with Gasteiger partial charge in [-0.1, -0.05) is 88.4 Å². The SMILES string of the molecule is CCc1cc2c(cc1-c1csc(Nc3ccccc3)[n+]1-c1ccccc1)C(C)(C)CCC2(C)C.[Br-]. The van der Waals surface area contributed by atoms with Crippen LogP contribution in [0.2, 0.25) is 0 Å². The molecule has 4 aromatic rings. The van der Waals surface area contributed by atoms with Crippen LogP contribution in [0.25, 0.3) is 16.9 Å². The summed E-state index contributed by atoms with van der Waals surface area (Å²) in [6, 6.07) is 26.2.